The first-order chi connectivity index (χ1) is 8.24. The van der Waals surface area contributed by atoms with E-state index in [1.165, 1.54) is 47.1 Å². The third-order valence-corrected chi connectivity index (χ3v) is 3.62. The molecule has 0 aliphatic heterocycles. The van der Waals surface area contributed by atoms with Gasteiger partial charge in [0.2, 0.25) is 0 Å². The molecule has 1 aliphatic carbocycles. The number of nitrogen functional groups attached to an aromatic ring is 1. The van der Waals surface area contributed by atoms with Crippen LogP contribution in [0, 0.1) is 6.92 Å². The van der Waals surface area contributed by atoms with Gasteiger partial charge in [0.25, 0.3) is 0 Å². The highest BCUT2D eigenvalue weighted by Crippen LogP contribution is 2.31. The lowest BCUT2D eigenvalue weighted by Gasteiger charge is -2.09. The van der Waals surface area contributed by atoms with Crippen molar-refractivity contribution in [2.24, 2.45) is 0 Å². The van der Waals surface area contributed by atoms with Crippen molar-refractivity contribution in [2.75, 3.05) is 5.73 Å². The van der Waals surface area contributed by atoms with Crippen LogP contribution in [0.5, 0.6) is 0 Å². The van der Waals surface area contributed by atoms with Gasteiger partial charge in [0.05, 0.1) is 0 Å². The predicted octanol–water partition coefficient (Wildman–Crippen LogP) is 3.73. The maximum absolute atomic E-state index is 6.07. The third kappa shape index (κ3) is 1.82. The molecule has 86 valence electrons. The largest absolute Gasteiger partial charge is 0.398 e. The smallest absolute Gasteiger partial charge is 0.0393 e. The van der Waals surface area contributed by atoms with Crippen LogP contribution in [0.3, 0.4) is 0 Å². The maximum Gasteiger partial charge on any atom is 0.0393 e. The summed E-state index contributed by atoms with van der Waals surface area (Å²) in [7, 11) is 0. The zero-order chi connectivity index (χ0) is 11.8. The first-order valence-corrected chi connectivity index (χ1v) is 6.22. The van der Waals surface area contributed by atoms with Gasteiger partial charge in [-0.2, -0.15) is 0 Å². The van der Waals surface area contributed by atoms with E-state index >= 15 is 0 Å². The van der Waals surface area contributed by atoms with Gasteiger partial charge in [-0.05, 0) is 55.0 Å². The fourth-order valence-corrected chi connectivity index (χ4v) is 2.66. The molecule has 0 spiro atoms. The highest BCUT2D eigenvalue weighted by Gasteiger charge is 2.12. The van der Waals surface area contributed by atoms with E-state index in [2.05, 4.69) is 37.3 Å². The molecule has 2 aromatic carbocycles. The molecule has 2 N–H and O–H groups in total. The Kier molecular flexibility index (Phi) is 2.40. The molecule has 0 unspecified atom stereocenters. The van der Waals surface area contributed by atoms with E-state index in [-0.39, 0.29) is 0 Å². The first-order valence-electron chi connectivity index (χ1n) is 6.22. The SMILES string of the molecule is Cc1ccc(N)c(-c2ccc3c(c2)CCC3)c1. The van der Waals surface area contributed by atoms with Crippen molar-refractivity contribution in [3.63, 3.8) is 0 Å². The van der Waals surface area contributed by atoms with Gasteiger partial charge in [-0.15, -0.1) is 0 Å². The minimum Gasteiger partial charge on any atom is -0.398 e. The molecule has 3 rings (SSSR count). The molecule has 1 aliphatic rings. The van der Waals surface area contributed by atoms with E-state index in [0.29, 0.717) is 0 Å². The predicted molar refractivity (Wildman–Crippen MR) is 73.1 cm³/mol. The van der Waals surface area contributed by atoms with Crippen LogP contribution in [0.4, 0.5) is 5.69 Å². The Morgan fingerprint density at radius 3 is 2.65 bits per heavy atom. The fourth-order valence-electron chi connectivity index (χ4n) is 2.66. The average molecular weight is 223 g/mol. The van der Waals surface area contributed by atoms with Gasteiger partial charge in [-0.1, -0.05) is 29.8 Å². The molecule has 0 radical (unpaired) electrons. The average Bonchev–Trinajstić information content (AvgIpc) is 2.79. The Balaban J connectivity index is 2.12. The second-order valence-electron chi connectivity index (χ2n) is 4.93. The lowest BCUT2D eigenvalue weighted by molar-refractivity contribution is 0.912. The van der Waals surface area contributed by atoms with Gasteiger partial charge in [-0.25, -0.2) is 0 Å². The molecular weight excluding hydrogens is 206 g/mol. The quantitative estimate of drug-likeness (QED) is 0.732. The molecule has 1 heteroatoms. The number of hydrogen-bond acceptors (Lipinski definition) is 1. The van der Waals surface area contributed by atoms with E-state index in [0.717, 1.165) is 5.69 Å². The summed E-state index contributed by atoms with van der Waals surface area (Å²) in [5.41, 5.74) is 13.6. The fraction of sp³-hybridized carbons (Fsp3) is 0.250. The van der Waals surface area contributed by atoms with E-state index in [1.54, 1.807) is 0 Å². The monoisotopic (exact) mass is 223 g/mol. The number of anilines is 1. The van der Waals surface area contributed by atoms with Gasteiger partial charge in [-0.3, -0.25) is 0 Å². The molecule has 0 aromatic heterocycles. The number of aryl methyl sites for hydroxylation is 3. The number of benzene rings is 2. The number of fused-ring (bicyclic) bond motifs is 1. The normalized spacial score (nSPS) is 13.7. The van der Waals surface area contributed by atoms with Crippen molar-refractivity contribution >= 4 is 5.69 Å². The minimum absolute atomic E-state index is 0.869. The summed E-state index contributed by atoms with van der Waals surface area (Å²) in [6.45, 7) is 2.11. The van der Waals surface area contributed by atoms with E-state index in [4.69, 9.17) is 5.73 Å². The van der Waals surface area contributed by atoms with Crippen molar-refractivity contribution < 1.29 is 0 Å². The van der Waals surface area contributed by atoms with Crippen LogP contribution in [-0.4, -0.2) is 0 Å². The van der Waals surface area contributed by atoms with E-state index in [9.17, 15) is 0 Å². The summed E-state index contributed by atoms with van der Waals surface area (Å²) in [5.74, 6) is 0. The van der Waals surface area contributed by atoms with Crippen LogP contribution in [-0.2, 0) is 12.8 Å². The second kappa shape index (κ2) is 3.92. The van der Waals surface area contributed by atoms with Crippen LogP contribution in [0.2, 0.25) is 0 Å². The Labute approximate surface area is 102 Å². The Morgan fingerprint density at radius 2 is 1.76 bits per heavy atom. The first kappa shape index (κ1) is 10.4. The molecule has 1 nitrogen and oxygen atoms in total. The molecule has 0 heterocycles. The van der Waals surface area contributed by atoms with E-state index in [1.807, 2.05) is 6.07 Å². The van der Waals surface area contributed by atoms with Gasteiger partial charge in [0, 0.05) is 11.3 Å². The van der Waals surface area contributed by atoms with Gasteiger partial charge < -0.3 is 5.73 Å². The summed E-state index contributed by atoms with van der Waals surface area (Å²) < 4.78 is 0. The van der Waals surface area contributed by atoms with Crippen molar-refractivity contribution in [1.82, 2.24) is 0 Å². The van der Waals surface area contributed by atoms with Crippen LogP contribution in [0.25, 0.3) is 11.1 Å². The molecule has 0 atom stereocenters. The van der Waals surface area contributed by atoms with Crippen LogP contribution >= 0.6 is 0 Å². The number of hydrogen-bond donors (Lipinski definition) is 1. The standard InChI is InChI=1S/C16H17N/c1-11-5-8-16(17)15(9-11)14-7-6-12-3-2-4-13(12)10-14/h5-10H,2-4,17H2,1H3. The Bertz CT molecular complexity index is 570. The molecule has 0 saturated heterocycles. The number of nitrogens with two attached hydrogens (primary N) is 1. The van der Waals surface area contributed by atoms with Crippen LogP contribution in [0.1, 0.15) is 23.1 Å². The lowest BCUT2D eigenvalue weighted by atomic mass is 9.98. The van der Waals surface area contributed by atoms with Crippen LogP contribution in [0.15, 0.2) is 36.4 Å². The molecule has 0 fully saturated rings. The number of rotatable bonds is 1. The summed E-state index contributed by atoms with van der Waals surface area (Å²) >= 11 is 0. The van der Waals surface area contributed by atoms with Gasteiger partial charge >= 0.3 is 0 Å². The highest BCUT2D eigenvalue weighted by atomic mass is 14.6. The molecule has 0 saturated carbocycles. The zero-order valence-electron chi connectivity index (χ0n) is 10.2. The molecule has 0 amide bonds. The minimum atomic E-state index is 0.869. The second-order valence-corrected chi connectivity index (χ2v) is 4.93. The molecular formula is C16H17N. The highest BCUT2D eigenvalue weighted by molar-refractivity contribution is 5.77. The summed E-state index contributed by atoms with van der Waals surface area (Å²) in [4.78, 5) is 0. The molecule has 17 heavy (non-hydrogen) atoms. The lowest BCUT2D eigenvalue weighted by Crippen LogP contribution is -1.92. The molecule has 0 bridgehead atoms. The Morgan fingerprint density at radius 1 is 0.941 bits per heavy atom. The zero-order valence-corrected chi connectivity index (χ0v) is 10.2. The van der Waals surface area contributed by atoms with Gasteiger partial charge in [0.15, 0.2) is 0 Å². The van der Waals surface area contributed by atoms with Crippen molar-refractivity contribution in [2.45, 2.75) is 26.2 Å². The van der Waals surface area contributed by atoms with Gasteiger partial charge in [0.1, 0.15) is 0 Å². The summed E-state index contributed by atoms with van der Waals surface area (Å²) in [6.07, 6.45) is 3.75. The summed E-state index contributed by atoms with van der Waals surface area (Å²) in [6, 6.07) is 13.0. The van der Waals surface area contributed by atoms with Crippen molar-refractivity contribution in [3.05, 3.63) is 53.1 Å². The Hall–Kier alpha value is -1.76. The molecule has 2 aromatic rings. The topological polar surface area (TPSA) is 26.0 Å². The maximum atomic E-state index is 6.07. The summed E-state index contributed by atoms with van der Waals surface area (Å²) in [5, 5.41) is 0. The van der Waals surface area contributed by atoms with Crippen molar-refractivity contribution in [1.29, 1.82) is 0 Å². The van der Waals surface area contributed by atoms with Crippen LogP contribution < -0.4 is 5.73 Å². The van der Waals surface area contributed by atoms with E-state index < -0.39 is 0 Å². The van der Waals surface area contributed by atoms with Crippen molar-refractivity contribution in [3.8, 4) is 11.1 Å². The third-order valence-electron chi connectivity index (χ3n) is 3.62.